The number of nitrogens with zero attached hydrogens (tertiary/aromatic N) is 4. The Morgan fingerprint density at radius 3 is 3.13 bits per heavy atom. The first kappa shape index (κ1) is 15.3. The highest BCUT2D eigenvalue weighted by atomic mass is 16.3. The first-order valence-electron chi connectivity index (χ1n) is 7.62. The van der Waals surface area contributed by atoms with Gasteiger partial charge in [-0.2, -0.15) is 0 Å². The summed E-state index contributed by atoms with van der Waals surface area (Å²) >= 11 is 0. The molecular weight excluding hydrogens is 298 g/mol. The lowest BCUT2D eigenvalue weighted by atomic mass is 10.1. The summed E-state index contributed by atoms with van der Waals surface area (Å²) in [4.78, 5) is 25.9. The van der Waals surface area contributed by atoms with Crippen molar-refractivity contribution in [2.45, 2.75) is 33.0 Å². The fraction of sp³-hybridized carbons (Fsp3) is 0.467. The second-order valence-electron chi connectivity index (χ2n) is 5.51. The smallest absolute Gasteiger partial charge is 0.225 e. The van der Waals surface area contributed by atoms with Crippen molar-refractivity contribution in [3.8, 4) is 0 Å². The van der Waals surface area contributed by atoms with Crippen LogP contribution in [-0.2, 0) is 29.2 Å². The summed E-state index contributed by atoms with van der Waals surface area (Å²) in [6.45, 7) is 3.86. The van der Waals surface area contributed by atoms with E-state index in [4.69, 9.17) is 4.42 Å². The average molecular weight is 317 g/mol. The van der Waals surface area contributed by atoms with Crippen molar-refractivity contribution in [1.29, 1.82) is 0 Å². The SMILES string of the molecule is CCn1cnnc1CNC(=O)[C@H]1CC(=O)N(Cc2ccco2)C1. The van der Waals surface area contributed by atoms with Gasteiger partial charge >= 0.3 is 0 Å². The van der Waals surface area contributed by atoms with E-state index in [9.17, 15) is 9.59 Å². The predicted molar refractivity (Wildman–Crippen MR) is 79.8 cm³/mol. The fourth-order valence-electron chi connectivity index (χ4n) is 2.68. The Morgan fingerprint density at radius 2 is 2.39 bits per heavy atom. The molecule has 0 radical (unpaired) electrons. The summed E-state index contributed by atoms with van der Waals surface area (Å²) in [7, 11) is 0. The summed E-state index contributed by atoms with van der Waals surface area (Å²) in [5.74, 6) is 0.924. The normalized spacial score (nSPS) is 17.7. The Balaban J connectivity index is 1.53. The number of aromatic nitrogens is 3. The van der Waals surface area contributed by atoms with E-state index in [1.807, 2.05) is 17.6 Å². The van der Waals surface area contributed by atoms with Gasteiger partial charge in [0.15, 0.2) is 5.82 Å². The van der Waals surface area contributed by atoms with Crippen molar-refractivity contribution in [3.63, 3.8) is 0 Å². The first-order valence-corrected chi connectivity index (χ1v) is 7.62. The lowest BCUT2D eigenvalue weighted by molar-refractivity contribution is -0.129. The minimum absolute atomic E-state index is 0.0294. The highest BCUT2D eigenvalue weighted by Gasteiger charge is 2.34. The van der Waals surface area contributed by atoms with Crippen molar-refractivity contribution < 1.29 is 14.0 Å². The molecule has 1 N–H and O–H groups in total. The van der Waals surface area contributed by atoms with E-state index < -0.39 is 0 Å². The molecule has 3 heterocycles. The van der Waals surface area contributed by atoms with E-state index in [0.29, 0.717) is 25.5 Å². The maximum atomic E-state index is 12.3. The largest absolute Gasteiger partial charge is 0.467 e. The molecule has 8 heteroatoms. The molecule has 1 saturated heterocycles. The summed E-state index contributed by atoms with van der Waals surface area (Å²) in [6, 6.07) is 3.60. The summed E-state index contributed by atoms with van der Waals surface area (Å²) in [5, 5.41) is 10.6. The standard InChI is InChI=1S/C15H19N5O3/c1-2-19-10-17-18-13(19)7-16-15(22)11-6-14(21)20(8-11)9-12-4-3-5-23-12/h3-5,10-11H,2,6-9H2,1H3,(H,16,22)/t11-/m0/s1. The fourth-order valence-corrected chi connectivity index (χ4v) is 2.68. The Morgan fingerprint density at radius 1 is 1.52 bits per heavy atom. The number of carbonyl (C=O) groups excluding carboxylic acids is 2. The highest BCUT2D eigenvalue weighted by Crippen LogP contribution is 2.20. The Labute approximate surface area is 133 Å². The van der Waals surface area contributed by atoms with Crippen LogP contribution in [0.4, 0.5) is 0 Å². The second kappa shape index (κ2) is 6.64. The highest BCUT2D eigenvalue weighted by molar-refractivity contribution is 5.89. The summed E-state index contributed by atoms with van der Waals surface area (Å²) < 4.78 is 7.11. The van der Waals surface area contributed by atoms with E-state index in [0.717, 1.165) is 12.3 Å². The van der Waals surface area contributed by atoms with Gasteiger partial charge in [0.1, 0.15) is 12.1 Å². The lowest BCUT2D eigenvalue weighted by Gasteiger charge is -2.15. The molecule has 1 atom stereocenters. The van der Waals surface area contributed by atoms with Crippen LogP contribution in [0, 0.1) is 5.92 Å². The molecular formula is C15H19N5O3. The van der Waals surface area contributed by atoms with Crippen molar-refractivity contribution in [2.24, 2.45) is 5.92 Å². The zero-order chi connectivity index (χ0) is 16.2. The minimum atomic E-state index is -0.338. The molecule has 0 aromatic carbocycles. The van der Waals surface area contributed by atoms with Crippen LogP contribution in [0.2, 0.25) is 0 Å². The lowest BCUT2D eigenvalue weighted by Crippen LogP contribution is -2.33. The third-order valence-corrected chi connectivity index (χ3v) is 3.97. The van der Waals surface area contributed by atoms with Gasteiger partial charge < -0.3 is 19.2 Å². The molecule has 0 spiro atoms. The van der Waals surface area contributed by atoms with E-state index in [-0.39, 0.29) is 24.2 Å². The van der Waals surface area contributed by atoms with Gasteiger partial charge in [-0.3, -0.25) is 9.59 Å². The minimum Gasteiger partial charge on any atom is -0.467 e. The number of hydrogen-bond acceptors (Lipinski definition) is 5. The van der Waals surface area contributed by atoms with Gasteiger partial charge in [-0.05, 0) is 19.1 Å². The number of rotatable bonds is 6. The second-order valence-corrected chi connectivity index (χ2v) is 5.51. The third kappa shape index (κ3) is 3.41. The molecule has 0 saturated carbocycles. The van der Waals surface area contributed by atoms with Crippen LogP contribution in [0.25, 0.3) is 0 Å². The molecule has 3 rings (SSSR count). The van der Waals surface area contributed by atoms with Crippen LogP contribution in [0.15, 0.2) is 29.1 Å². The molecule has 2 amide bonds. The van der Waals surface area contributed by atoms with Crippen molar-refractivity contribution in [3.05, 3.63) is 36.3 Å². The molecule has 1 aliphatic heterocycles. The van der Waals surface area contributed by atoms with Gasteiger partial charge in [-0.15, -0.1) is 10.2 Å². The van der Waals surface area contributed by atoms with E-state index >= 15 is 0 Å². The molecule has 2 aromatic heterocycles. The molecule has 2 aromatic rings. The molecule has 0 bridgehead atoms. The zero-order valence-electron chi connectivity index (χ0n) is 12.9. The van der Waals surface area contributed by atoms with Crippen LogP contribution in [0.3, 0.4) is 0 Å². The number of furan rings is 1. The third-order valence-electron chi connectivity index (χ3n) is 3.97. The zero-order valence-corrected chi connectivity index (χ0v) is 12.9. The van der Waals surface area contributed by atoms with Gasteiger partial charge in [0.05, 0.1) is 25.3 Å². The van der Waals surface area contributed by atoms with Crippen LogP contribution in [0.1, 0.15) is 24.9 Å². The number of nitrogens with one attached hydrogen (secondary N) is 1. The number of aryl methyl sites for hydroxylation is 1. The molecule has 0 aliphatic carbocycles. The molecule has 8 nitrogen and oxygen atoms in total. The Kier molecular flexibility index (Phi) is 4.40. The van der Waals surface area contributed by atoms with Gasteiger partial charge in [-0.1, -0.05) is 0 Å². The monoisotopic (exact) mass is 317 g/mol. The van der Waals surface area contributed by atoms with Gasteiger partial charge in [0, 0.05) is 19.5 Å². The molecule has 122 valence electrons. The van der Waals surface area contributed by atoms with Gasteiger partial charge in [0.25, 0.3) is 0 Å². The maximum Gasteiger partial charge on any atom is 0.225 e. The number of carbonyl (C=O) groups is 2. The average Bonchev–Trinajstić information content (AvgIpc) is 3.27. The molecule has 1 fully saturated rings. The Bertz CT molecular complexity index is 679. The molecule has 0 unspecified atom stereocenters. The number of amides is 2. The van der Waals surface area contributed by atoms with Gasteiger partial charge in [-0.25, -0.2) is 0 Å². The van der Waals surface area contributed by atoms with Crippen LogP contribution >= 0.6 is 0 Å². The maximum absolute atomic E-state index is 12.3. The van der Waals surface area contributed by atoms with E-state index in [1.54, 1.807) is 23.6 Å². The van der Waals surface area contributed by atoms with Crippen LogP contribution in [-0.4, -0.2) is 38.0 Å². The first-order chi connectivity index (χ1) is 11.2. The predicted octanol–water partition coefficient (Wildman–Crippen LogP) is 0.556. The van der Waals surface area contributed by atoms with E-state index in [1.165, 1.54) is 0 Å². The van der Waals surface area contributed by atoms with Crippen molar-refractivity contribution in [1.82, 2.24) is 25.0 Å². The van der Waals surface area contributed by atoms with Crippen LogP contribution < -0.4 is 5.32 Å². The summed E-state index contributed by atoms with van der Waals surface area (Å²) in [5.41, 5.74) is 0. The molecule has 1 aliphatic rings. The van der Waals surface area contributed by atoms with Crippen LogP contribution in [0.5, 0.6) is 0 Å². The quantitative estimate of drug-likeness (QED) is 0.840. The van der Waals surface area contributed by atoms with Crippen molar-refractivity contribution in [2.75, 3.05) is 6.54 Å². The molecule has 23 heavy (non-hydrogen) atoms. The van der Waals surface area contributed by atoms with Crippen molar-refractivity contribution >= 4 is 11.8 Å². The number of likely N-dealkylation sites (tertiary alicyclic amines) is 1. The van der Waals surface area contributed by atoms with E-state index in [2.05, 4.69) is 15.5 Å². The van der Waals surface area contributed by atoms with Gasteiger partial charge in [0.2, 0.25) is 11.8 Å². The number of hydrogen-bond donors (Lipinski definition) is 1. The Hall–Kier alpha value is -2.64. The topological polar surface area (TPSA) is 93.3 Å². The summed E-state index contributed by atoms with van der Waals surface area (Å²) in [6.07, 6.45) is 3.43.